The average Bonchev–Trinajstić information content (AvgIpc) is 3.17. The molecule has 2 aromatic carbocycles. The van der Waals surface area contributed by atoms with E-state index in [1.807, 2.05) is 11.8 Å². The zero-order valence-corrected chi connectivity index (χ0v) is 17.2. The van der Waals surface area contributed by atoms with Gasteiger partial charge in [0.25, 0.3) is 0 Å². The Morgan fingerprint density at radius 2 is 1.72 bits per heavy atom. The highest BCUT2D eigenvalue weighted by atomic mass is 32.2. The van der Waals surface area contributed by atoms with E-state index in [0.29, 0.717) is 51.3 Å². The van der Waals surface area contributed by atoms with Gasteiger partial charge in [-0.15, -0.1) is 0 Å². The molecule has 1 amide bonds. The first-order valence-electron chi connectivity index (χ1n) is 9.84. The van der Waals surface area contributed by atoms with E-state index in [1.54, 1.807) is 41.3 Å². The van der Waals surface area contributed by atoms with E-state index in [4.69, 9.17) is 0 Å². The minimum atomic E-state index is -3.63. The van der Waals surface area contributed by atoms with Gasteiger partial charge in [0.05, 0.1) is 10.6 Å². The van der Waals surface area contributed by atoms with Crippen LogP contribution in [0.3, 0.4) is 0 Å². The molecule has 4 rings (SSSR count). The summed E-state index contributed by atoms with van der Waals surface area (Å²) < 4.78 is 41.7. The van der Waals surface area contributed by atoms with Crippen LogP contribution in [0.1, 0.15) is 18.9 Å². The average molecular weight is 418 g/mol. The number of carbonyl (C=O) groups is 1. The first-order valence-corrected chi connectivity index (χ1v) is 11.3. The quantitative estimate of drug-likeness (QED) is 0.767. The number of fused-ring (bicyclic) bond motifs is 1. The fourth-order valence-corrected chi connectivity index (χ4v) is 5.49. The van der Waals surface area contributed by atoms with Crippen LogP contribution in [0.2, 0.25) is 0 Å². The van der Waals surface area contributed by atoms with Crippen molar-refractivity contribution in [2.75, 3.05) is 42.5 Å². The lowest BCUT2D eigenvalue weighted by molar-refractivity contribution is -0.118. The summed E-state index contributed by atoms with van der Waals surface area (Å²) >= 11 is 0. The number of anilines is 2. The van der Waals surface area contributed by atoms with Gasteiger partial charge in [0.2, 0.25) is 15.9 Å². The van der Waals surface area contributed by atoms with Crippen molar-refractivity contribution >= 4 is 27.3 Å². The van der Waals surface area contributed by atoms with E-state index in [0.717, 1.165) is 11.3 Å². The van der Waals surface area contributed by atoms with Gasteiger partial charge in [0.15, 0.2) is 0 Å². The number of sulfonamides is 1. The molecule has 1 fully saturated rings. The van der Waals surface area contributed by atoms with Gasteiger partial charge in [-0.2, -0.15) is 4.31 Å². The third-order valence-corrected chi connectivity index (χ3v) is 7.51. The standard InChI is InChI=1S/C21H24FN3O3S/c1-2-21(26)25-10-9-16-15-17(7-8-19(16)25)29(27,28)24-13-11-23(12-14-24)20-6-4-3-5-18(20)22/h3-8,15H,2,9-14H2,1H3. The Bertz CT molecular complexity index is 1030. The summed E-state index contributed by atoms with van der Waals surface area (Å²) in [6.45, 7) is 3.88. The fraction of sp³-hybridized carbons (Fsp3) is 0.381. The normalized spacial score (nSPS) is 17.4. The molecule has 0 aliphatic carbocycles. The van der Waals surface area contributed by atoms with Crippen LogP contribution in [0, 0.1) is 5.82 Å². The lowest BCUT2D eigenvalue weighted by Gasteiger charge is -2.35. The molecule has 0 unspecified atom stereocenters. The molecule has 0 bridgehead atoms. The topological polar surface area (TPSA) is 60.9 Å². The third kappa shape index (κ3) is 3.62. The van der Waals surface area contributed by atoms with Gasteiger partial charge in [-0.25, -0.2) is 12.8 Å². The number of hydrogen-bond donors (Lipinski definition) is 0. The molecule has 0 radical (unpaired) electrons. The predicted octanol–water partition coefficient (Wildman–Crippen LogP) is 2.64. The van der Waals surface area contributed by atoms with Crippen LogP contribution in [0.4, 0.5) is 15.8 Å². The second-order valence-corrected chi connectivity index (χ2v) is 9.22. The first-order chi connectivity index (χ1) is 13.9. The van der Waals surface area contributed by atoms with Crippen LogP contribution in [0.15, 0.2) is 47.4 Å². The summed E-state index contributed by atoms with van der Waals surface area (Å²) in [5.74, 6) is -0.253. The molecule has 2 aliphatic heterocycles. The van der Waals surface area contributed by atoms with Crippen LogP contribution in [0.5, 0.6) is 0 Å². The van der Waals surface area contributed by atoms with Gasteiger partial charge in [0.1, 0.15) is 5.82 Å². The number of nitrogens with zero attached hydrogens (tertiary/aromatic N) is 3. The van der Waals surface area contributed by atoms with Crippen LogP contribution in [-0.2, 0) is 21.2 Å². The summed E-state index contributed by atoms with van der Waals surface area (Å²) in [5, 5.41) is 0. The second kappa shape index (κ2) is 7.76. The summed E-state index contributed by atoms with van der Waals surface area (Å²) in [6.07, 6.45) is 1.08. The molecule has 2 aromatic rings. The number of carbonyl (C=O) groups excluding carboxylic acids is 1. The predicted molar refractivity (Wildman–Crippen MR) is 110 cm³/mol. The minimum absolute atomic E-state index is 0.0450. The largest absolute Gasteiger partial charge is 0.367 e. The van der Waals surface area contributed by atoms with Crippen molar-refractivity contribution in [2.24, 2.45) is 0 Å². The molecule has 0 aromatic heterocycles. The molecule has 0 saturated carbocycles. The van der Waals surface area contributed by atoms with Crippen molar-refractivity contribution in [3.8, 4) is 0 Å². The van der Waals surface area contributed by atoms with E-state index in [9.17, 15) is 17.6 Å². The summed E-state index contributed by atoms with van der Waals surface area (Å²) in [4.78, 5) is 15.9. The molecule has 0 N–H and O–H groups in total. The highest BCUT2D eigenvalue weighted by Crippen LogP contribution is 2.32. The zero-order valence-electron chi connectivity index (χ0n) is 16.3. The minimum Gasteiger partial charge on any atom is -0.367 e. The highest BCUT2D eigenvalue weighted by molar-refractivity contribution is 7.89. The Hall–Kier alpha value is -2.45. The summed E-state index contributed by atoms with van der Waals surface area (Å²) in [7, 11) is -3.63. The Balaban J connectivity index is 1.50. The molecular weight excluding hydrogens is 393 g/mol. The smallest absolute Gasteiger partial charge is 0.243 e. The molecule has 8 heteroatoms. The van der Waals surface area contributed by atoms with Crippen molar-refractivity contribution < 1.29 is 17.6 Å². The molecule has 0 atom stereocenters. The maximum Gasteiger partial charge on any atom is 0.243 e. The molecular formula is C21H24FN3O3S. The van der Waals surface area contributed by atoms with E-state index in [2.05, 4.69) is 0 Å². The Kier molecular flexibility index (Phi) is 5.31. The van der Waals surface area contributed by atoms with Crippen LogP contribution in [-0.4, -0.2) is 51.4 Å². The van der Waals surface area contributed by atoms with Gasteiger partial charge >= 0.3 is 0 Å². The van der Waals surface area contributed by atoms with E-state index < -0.39 is 10.0 Å². The number of rotatable bonds is 4. The zero-order chi connectivity index (χ0) is 20.6. The summed E-state index contributed by atoms with van der Waals surface area (Å²) in [5.41, 5.74) is 2.20. The van der Waals surface area contributed by atoms with E-state index in [-0.39, 0.29) is 16.6 Å². The summed E-state index contributed by atoms with van der Waals surface area (Å²) in [6, 6.07) is 11.5. The number of para-hydroxylation sites is 1. The maximum atomic E-state index is 14.0. The number of amides is 1. The van der Waals surface area contributed by atoms with Gasteiger partial charge in [-0.1, -0.05) is 19.1 Å². The van der Waals surface area contributed by atoms with Crippen LogP contribution < -0.4 is 9.80 Å². The molecule has 0 spiro atoms. The molecule has 6 nitrogen and oxygen atoms in total. The fourth-order valence-electron chi connectivity index (χ4n) is 4.02. The van der Waals surface area contributed by atoms with Crippen LogP contribution in [0.25, 0.3) is 0 Å². The van der Waals surface area contributed by atoms with Gasteiger partial charge in [-0.3, -0.25) is 4.79 Å². The molecule has 154 valence electrons. The molecule has 1 saturated heterocycles. The number of benzene rings is 2. The van der Waals surface area contributed by atoms with Crippen LogP contribution >= 0.6 is 0 Å². The molecule has 29 heavy (non-hydrogen) atoms. The Morgan fingerprint density at radius 3 is 2.41 bits per heavy atom. The van der Waals surface area contributed by atoms with Crippen molar-refractivity contribution in [3.05, 3.63) is 53.8 Å². The van der Waals surface area contributed by atoms with Gasteiger partial charge < -0.3 is 9.80 Å². The lowest BCUT2D eigenvalue weighted by Crippen LogP contribution is -2.48. The maximum absolute atomic E-state index is 14.0. The van der Waals surface area contributed by atoms with E-state index in [1.165, 1.54) is 10.4 Å². The monoisotopic (exact) mass is 417 g/mol. The van der Waals surface area contributed by atoms with Crippen molar-refractivity contribution in [1.29, 1.82) is 0 Å². The molecule has 2 heterocycles. The third-order valence-electron chi connectivity index (χ3n) is 5.62. The first kappa shape index (κ1) is 19.8. The Labute approximate surface area is 170 Å². The SMILES string of the molecule is CCC(=O)N1CCc2cc(S(=O)(=O)N3CCN(c4ccccc4F)CC3)ccc21. The highest BCUT2D eigenvalue weighted by Gasteiger charge is 2.31. The molecule has 2 aliphatic rings. The van der Waals surface area contributed by atoms with Gasteiger partial charge in [-0.05, 0) is 42.3 Å². The van der Waals surface area contributed by atoms with E-state index >= 15 is 0 Å². The number of halogens is 1. The van der Waals surface area contributed by atoms with Gasteiger partial charge in [0, 0.05) is 44.8 Å². The number of hydrogen-bond acceptors (Lipinski definition) is 4. The van der Waals surface area contributed by atoms with Crippen molar-refractivity contribution in [3.63, 3.8) is 0 Å². The number of piperazine rings is 1. The lowest BCUT2D eigenvalue weighted by atomic mass is 10.2. The van der Waals surface area contributed by atoms with Crippen molar-refractivity contribution in [1.82, 2.24) is 4.31 Å². The van der Waals surface area contributed by atoms with Crippen molar-refractivity contribution in [2.45, 2.75) is 24.7 Å². The second-order valence-electron chi connectivity index (χ2n) is 7.28. The Morgan fingerprint density at radius 1 is 1.00 bits per heavy atom.